The minimum Gasteiger partial charge on any atom is -0.454 e. The lowest BCUT2D eigenvalue weighted by atomic mass is 10.1. The summed E-state index contributed by atoms with van der Waals surface area (Å²) in [6.45, 7) is 3.23. The standard InChI is InChI=1S/C15H17N3O3/c1-2-6-18(7-3-1)9-14-16-15(17-21-14)11-4-5-12-13(8-11)20-10-19-12/h4-5,8H,1-3,6-7,9-10H2. The first kappa shape index (κ1) is 12.6. The molecular formula is C15H17N3O3. The summed E-state index contributed by atoms with van der Waals surface area (Å²) in [5.41, 5.74) is 0.882. The molecule has 1 aromatic carbocycles. The van der Waals surface area contributed by atoms with Gasteiger partial charge in [0.25, 0.3) is 0 Å². The van der Waals surface area contributed by atoms with Crippen molar-refractivity contribution in [2.24, 2.45) is 0 Å². The summed E-state index contributed by atoms with van der Waals surface area (Å²) in [5.74, 6) is 2.76. The van der Waals surface area contributed by atoms with Gasteiger partial charge in [-0.15, -0.1) is 0 Å². The van der Waals surface area contributed by atoms with Crippen molar-refractivity contribution in [3.8, 4) is 22.9 Å². The average Bonchev–Trinajstić information content (AvgIpc) is 3.16. The molecule has 1 fully saturated rings. The number of nitrogens with zero attached hydrogens (tertiary/aromatic N) is 3. The summed E-state index contributed by atoms with van der Waals surface area (Å²) in [5, 5.41) is 4.07. The molecule has 0 N–H and O–H groups in total. The molecular weight excluding hydrogens is 270 g/mol. The fourth-order valence-electron chi connectivity index (χ4n) is 2.78. The molecule has 0 atom stereocenters. The van der Waals surface area contributed by atoms with Crippen molar-refractivity contribution >= 4 is 0 Å². The molecule has 110 valence electrons. The predicted molar refractivity (Wildman–Crippen MR) is 75.0 cm³/mol. The number of piperidine rings is 1. The van der Waals surface area contributed by atoms with Crippen LogP contribution in [0.5, 0.6) is 11.5 Å². The molecule has 1 saturated heterocycles. The normalized spacial score (nSPS) is 18.1. The molecule has 0 amide bonds. The van der Waals surface area contributed by atoms with Gasteiger partial charge in [0, 0.05) is 5.56 Å². The van der Waals surface area contributed by atoms with E-state index in [0.717, 1.165) is 36.7 Å². The van der Waals surface area contributed by atoms with Gasteiger partial charge in [0.05, 0.1) is 6.54 Å². The zero-order valence-electron chi connectivity index (χ0n) is 11.7. The number of fused-ring (bicyclic) bond motifs is 1. The van der Waals surface area contributed by atoms with Crippen molar-refractivity contribution in [1.29, 1.82) is 0 Å². The van der Waals surface area contributed by atoms with Crippen LogP contribution in [-0.4, -0.2) is 34.9 Å². The Kier molecular flexibility index (Phi) is 3.23. The molecule has 2 aliphatic heterocycles. The molecule has 0 aliphatic carbocycles. The maximum Gasteiger partial charge on any atom is 0.241 e. The van der Waals surface area contributed by atoms with E-state index in [9.17, 15) is 0 Å². The largest absolute Gasteiger partial charge is 0.454 e. The van der Waals surface area contributed by atoms with Crippen LogP contribution < -0.4 is 9.47 Å². The Morgan fingerprint density at radius 1 is 1.05 bits per heavy atom. The molecule has 0 radical (unpaired) electrons. The van der Waals surface area contributed by atoms with Gasteiger partial charge in [-0.2, -0.15) is 4.98 Å². The minimum absolute atomic E-state index is 0.269. The number of ether oxygens (including phenoxy) is 2. The van der Waals surface area contributed by atoms with Gasteiger partial charge in [-0.05, 0) is 44.1 Å². The van der Waals surface area contributed by atoms with E-state index in [1.165, 1.54) is 19.3 Å². The van der Waals surface area contributed by atoms with Crippen LogP contribution in [0, 0.1) is 0 Å². The Morgan fingerprint density at radius 2 is 1.90 bits per heavy atom. The topological polar surface area (TPSA) is 60.6 Å². The van der Waals surface area contributed by atoms with Crippen LogP contribution in [0.2, 0.25) is 0 Å². The molecule has 1 aromatic heterocycles. The van der Waals surface area contributed by atoms with Crippen LogP contribution >= 0.6 is 0 Å². The lowest BCUT2D eigenvalue weighted by Gasteiger charge is -2.24. The van der Waals surface area contributed by atoms with Gasteiger partial charge in [-0.1, -0.05) is 11.6 Å². The van der Waals surface area contributed by atoms with E-state index >= 15 is 0 Å². The summed E-state index contributed by atoms with van der Waals surface area (Å²) in [4.78, 5) is 6.85. The number of likely N-dealkylation sites (tertiary alicyclic amines) is 1. The highest BCUT2D eigenvalue weighted by molar-refractivity contribution is 5.61. The van der Waals surface area contributed by atoms with Crippen molar-refractivity contribution in [1.82, 2.24) is 15.0 Å². The molecule has 21 heavy (non-hydrogen) atoms. The van der Waals surface area contributed by atoms with E-state index in [0.29, 0.717) is 11.7 Å². The van der Waals surface area contributed by atoms with E-state index in [4.69, 9.17) is 14.0 Å². The predicted octanol–water partition coefficient (Wildman–Crippen LogP) is 2.45. The van der Waals surface area contributed by atoms with Crippen molar-refractivity contribution in [3.63, 3.8) is 0 Å². The van der Waals surface area contributed by atoms with Gasteiger partial charge >= 0.3 is 0 Å². The summed E-state index contributed by atoms with van der Waals surface area (Å²) in [7, 11) is 0. The fraction of sp³-hybridized carbons (Fsp3) is 0.467. The second kappa shape index (κ2) is 5.37. The van der Waals surface area contributed by atoms with E-state index in [-0.39, 0.29) is 6.79 Å². The summed E-state index contributed by atoms with van der Waals surface area (Å²) in [6.07, 6.45) is 3.83. The Balaban J connectivity index is 1.51. The maximum atomic E-state index is 5.37. The molecule has 0 spiro atoms. The van der Waals surface area contributed by atoms with E-state index < -0.39 is 0 Å². The quantitative estimate of drug-likeness (QED) is 0.864. The third kappa shape index (κ3) is 2.58. The van der Waals surface area contributed by atoms with Gasteiger partial charge < -0.3 is 14.0 Å². The third-order valence-corrected chi connectivity index (χ3v) is 3.91. The first-order valence-electron chi connectivity index (χ1n) is 7.33. The molecule has 0 saturated carbocycles. The Hall–Kier alpha value is -2.08. The molecule has 4 rings (SSSR count). The maximum absolute atomic E-state index is 5.37. The van der Waals surface area contributed by atoms with Crippen LogP contribution in [0.25, 0.3) is 11.4 Å². The number of hydrogen-bond acceptors (Lipinski definition) is 6. The van der Waals surface area contributed by atoms with E-state index in [1.807, 2.05) is 18.2 Å². The van der Waals surface area contributed by atoms with Crippen LogP contribution in [0.15, 0.2) is 22.7 Å². The lowest BCUT2D eigenvalue weighted by Crippen LogP contribution is -2.29. The molecule has 0 unspecified atom stereocenters. The van der Waals surface area contributed by atoms with Crippen LogP contribution in [0.3, 0.4) is 0 Å². The lowest BCUT2D eigenvalue weighted by molar-refractivity contribution is 0.174. The summed E-state index contributed by atoms with van der Waals surface area (Å²) in [6, 6.07) is 5.68. The Labute approximate surface area is 122 Å². The number of aromatic nitrogens is 2. The second-order valence-electron chi connectivity index (χ2n) is 5.42. The summed E-state index contributed by atoms with van der Waals surface area (Å²) >= 11 is 0. The summed E-state index contributed by atoms with van der Waals surface area (Å²) < 4.78 is 16.0. The van der Waals surface area contributed by atoms with Gasteiger partial charge in [0.2, 0.25) is 18.5 Å². The van der Waals surface area contributed by atoms with Gasteiger partial charge in [0.1, 0.15) is 0 Å². The zero-order chi connectivity index (χ0) is 14.1. The molecule has 6 heteroatoms. The van der Waals surface area contributed by atoms with Gasteiger partial charge in [-0.3, -0.25) is 4.90 Å². The average molecular weight is 287 g/mol. The fourth-order valence-corrected chi connectivity index (χ4v) is 2.78. The van der Waals surface area contributed by atoms with E-state index in [1.54, 1.807) is 0 Å². The first-order valence-corrected chi connectivity index (χ1v) is 7.33. The van der Waals surface area contributed by atoms with Crippen LogP contribution in [-0.2, 0) is 6.54 Å². The zero-order valence-corrected chi connectivity index (χ0v) is 11.7. The number of hydrogen-bond donors (Lipinski definition) is 0. The number of rotatable bonds is 3. The Morgan fingerprint density at radius 3 is 2.81 bits per heavy atom. The van der Waals surface area contributed by atoms with Crippen molar-refractivity contribution in [2.75, 3.05) is 19.9 Å². The monoisotopic (exact) mass is 287 g/mol. The first-order chi connectivity index (χ1) is 10.4. The highest BCUT2D eigenvalue weighted by Crippen LogP contribution is 2.35. The second-order valence-corrected chi connectivity index (χ2v) is 5.42. The number of benzene rings is 1. The molecule has 2 aromatic rings. The molecule has 2 aliphatic rings. The molecule has 0 bridgehead atoms. The van der Waals surface area contributed by atoms with Crippen LogP contribution in [0.4, 0.5) is 0 Å². The van der Waals surface area contributed by atoms with Crippen molar-refractivity contribution in [3.05, 3.63) is 24.1 Å². The smallest absolute Gasteiger partial charge is 0.241 e. The van der Waals surface area contributed by atoms with Crippen molar-refractivity contribution < 1.29 is 14.0 Å². The minimum atomic E-state index is 0.269. The van der Waals surface area contributed by atoms with Crippen molar-refractivity contribution in [2.45, 2.75) is 25.8 Å². The van der Waals surface area contributed by atoms with E-state index in [2.05, 4.69) is 15.0 Å². The van der Waals surface area contributed by atoms with Gasteiger partial charge in [0.15, 0.2) is 11.5 Å². The molecule has 6 nitrogen and oxygen atoms in total. The van der Waals surface area contributed by atoms with Gasteiger partial charge in [-0.25, -0.2) is 0 Å². The highest BCUT2D eigenvalue weighted by atomic mass is 16.7. The third-order valence-electron chi connectivity index (χ3n) is 3.91. The Bertz CT molecular complexity index is 635. The molecule has 3 heterocycles. The van der Waals surface area contributed by atoms with Crippen LogP contribution in [0.1, 0.15) is 25.2 Å². The highest BCUT2D eigenvalue weighted by Gasteiger charge is 2.18. The SMILES string of the molecule is c1cc2c(cc1-c1noc(CN3CCCCC3)n1)OCO2.